The van der Waals surface area contributed by atoms with E-state index in [-0.39, 0.29) is 18.4 Å². The lowest BCUT2D eigenvalue weighted by Gasteiger charge is -2.10. The first-order chi connectivity index (χ1) is 7.15. The maximum Gasteiger partial charge on any atom is 0.271 e. The molecule has 15 heavy (non-hydrogen) atoms. The van der Waals surface area contributed by atoms with E-state index < -0.39 is 0 Å². The third kappa shape index (κ3) is 3.33. The van der Waals surface area contributed by atoms with Gasteiger partial charge in [0.15, 0.2) is 0 Å². The fourth-order valence-electron chi connectivity index (χ4n) is 1.03. The second kappa shape index (κ2) is 5.47. The SMILES string of the molecule is CC(CC#N)NC(=O)c1ncccc1Br. The van der Waals surface area contributed by atoms with E-state index >= 15 is 0 Å². The zero-order chi connectivity index (χ0) is 11.3. The van der Waals surface area contributed by atoms with Crippen molar-refractivity contribution in [3.8, 4) is 6.07 Å². The summed E-state index contributed by atoms with van der Waals surface area (Å²) in [6.07, 6.45) is 1.84. The topological polar surface area (TPSA) is 65.8 Å². The van der Waals surface area contributed by atoms with Gasteiger partial charge in [-0.2, -0.15) is 5.26 Å². The highest BCUT2D eigenvalue weighted by Gasteiger charge is 2.13. The standard InChI is InChI=1S/C10H10BrN3O/c1-7(4-5-12)14-10(15)9-8(11)3-2-6-13-9/h2-3,6-7H,4H2,1H3,(H,14,15). The van der Waals surface area contributed by atoms with Crippen molar-refractivity contribution in [1.29, 1.82) is 5.26 Å². The van der Waals surface area contributed by atoms with Crippen molar-refractivity contribution in [3.63, 3.8) is 0 Å². The molecule has 1 aromatic heterocycles. The number of hydrogen-bond donors (Lipinski definition) is 1. The summed E-state index contributed by atoms with van der Waals surface area (Å²) in [5, 5.41) is 11.1. The normalized spacial score (nSPS) is 11.5. The number of hydrogen-bond acceptors (Lipinski definition) is 3. The van der Waals surface area contributed by atoms with E-state index in [2.05, 4.69) is 26.2 Å². The number of aromatic nitrogens is 1. The van der Waals surface area contributed by atoms with Gasteiger partial charge in [0, 0.05) is 16.7 Å². The quantitative estimate of drug-likeness (QED) is 0.910. The van der Waals surface area contributed by atoms with Crippen molar-refractivity contribution in [2.75, 3.05) is 0 Å². The molecule has 0 radical (unpaired) electrons. The Bertz CT molecular complexity index is 400. The molecule has 0 saturated heterocycles. The summed E-state index contributed by atoms with van der Waals surface area (Å²) in [7, 11) is 0. The monoisotopic (exact) mass is 267 g/mol. The average Bonchev–Trinajstić information content (AvgIpc) is 2.18. The highest BCUT2D eigenvalue weighted by molar-refractivity contribution is 9.10. The van der Waals surface area contributed by atoms with Crippen LogP contribution in [0.5, 0.6) is 0 Å². The molecule has 1 amide bonds. The molecule has 4 nitrogen and oxygen atoms in total. The minimum Gasteiger partial charge on any atom is -0.347 e. The lowest BCUT2D eigenvalue weighted by molar-refractivity contribution is 0.0935. The number of nitrogens with one attached hydrogen (secondary N) is 1. The Morgan fingerprint density at radius 2 is 2.53 bits per heavy atom. The van der Waals surface area contributed by atoms with Gasteiger partial charge in [-0.05, 0) is 35.0 Å². The van der Waals surface area contributed by atoms with Gasteiger partial charge in [0.2, 0.25) is 0 Å². The predicted molar refractivity (Wildman–Crippen MR) is 59.1 cm³/mol. The molecule has 1 rings (SSSR count). The summed E-state index contributed by atoms with van der Waals surface area (Å²) in [6, 6.07) is 5.30. The van der Waals surface area contributed by atoms with Gasteiger partial charge in [0.25, 0.3) is 5.91 Å². The molecule has 1 atom stereocenters. The van der Waals surface area contributed by atoms with E-state index in [9.17, 15) is 4.79 Å². The summed E-state index contributed by atoms with van der Waals surface area (Å²) in [4.78, 5) is 15.6. The van der Waals surface area contributed by atoms with E-state index in [1.165, 1.54) is 0 Å². The Kier molecular flexibility index (Phi) is 4.25. The van der Waals surface area contributed by atoms with Crippen molar-refractivity contribution in [2.24, 2.45) is 0 Å². The van der Waals surface area contributed by atoms with Crippen LogP contribution in [-0.4, -0.2) is 16.9 Å². The molecule has 1 unspecified atom stereocenters. The van der Waals surface area contributed by atoms with E-state index in [1.54, 1.807) is 25.3 Å². The number of halogens is 1. The molecule has 5 heteroatoms. The van der Waals surface area contributed by atoms with Gasteiger partial charge in [-0.25, -0.2) is 4.98 Å². The highest BCUT2D eigenvalue weighted by Crippen LogP contribution is 2.13. The molecule has 0 saturated carbocycles. The number of nitrogens with zero attached hydrogens (tertiary/aromatic N) is 2. The summed E-state index contributed by atoms with van der Waals surface area (Å²) in [6.45, 7) is 1.78. The molecular weight excluding hydrogens is 258 g/mol. The number of carbonyl (C=O) groups is 1. The largest absolute Gasteiger partial charge is 0.347 e. The third-order valence-corrected chi connectivity index (χ3v) is 2.39. The Labute approximate surface area is 96.4 Å². The number of amides is 1. The van der Waals surface area contributed by atoms with Gasteiger partial charge < -0.3 is 5.32 Å². The summed E-state index contributed by atoms with van der Waals surface area (Å²) in [5.74, 6) is -0.273. The Morgan fingerprint density at radius 1 is 1.80 bits per heavy atom. The fourth-order valence-corrected chi connectivity index (χ4v) is 1.47. The Hall–Kier alpha value is -1.41. The molecule has 0 aromatic carbocycles. The van der Waals surface area contributed by atoms with Crippen LogP contribution in [0.1, 0.15) is 23.8 Å². The van der Waals surface area contributed by atoms with Crippen LogP contribution >= 0.6 is 15.9 Å². The first kappa shape index (κ1) is 11.7. The maximum atomic E-state index is 11.6. The molecule has 1 aromatic rings. The third-order valence-electron chi connectivity index (χ3n) is 1.75. The van der Waals surface area contributed by atoms with Crippen LogP contribution in [-0.2, 0) is 0 Å². The molecular formula is C10H10BrN3O. The molecule has 0 fully saturated rings. The van der Waals surface area contributed by atoms with Crippen molar-refractivity contribution in [1.82, 2.24) is 10.3 Å². The van der Waals surface area contributed by atoms with E-state index in [0.29, 0.717) is 10.2 Å². The lowest BCUT2D eigenvalue weighted by Crippen LogP contribution is -2.32. The molecule has 78 valence electrons. The number of rotatable bonds is 3. The van der Waals surface area contributed by atoms with Crippen LogP contribution in [0.15, 0.2) is 22.8 Å². The van der Waals surface area contributed by atoms with Crippen LogP contribution in [0.25, 0.3) is 0 Å². The smallest absolute Gasteiger partial charge is 0.271 e. The molecule has 1 heterocycles. The van der Waals surface area contributed by atoms with Crippen molar-refractivity contribution >= 4 is 21.8 Å². The highest BCUT2D eigenvalue weighted by atomic mass is 79.9. The van der Waals surface area contributed by atoms with Gasteiger partial charge in [-0.15, -0.1) is 0 Å². The van der Waals surface area contributed by atoms with Crippen molar-refractivity contribution in [2.45, 2.75) is 19.4 Å². The van der Waals surface area contributed by atoms with Gasteiger partial charge in [-0.3, -0.25) is 4.79 Å². The second-order valence-electron chi connectivity index (χ2n) is 3.07. The Morgan fingerprint density at radius 3 is 3.13 bits per heavy atom. The Balaban J connectivity index is 2.70. The van der Waals surface area contributed by atoms with Crippen LogP contribution < -0.4 is 5.32 Å². The van der Waals surface area contributed by atoms with E-state index in [4.69, 9.17) is 5.26 Å². The molecule has 0 aliphatic heterocycles. The fraction of sp³-hybridized carbons (Fsp3) is 0.300. The van der Waals surface area contributed by atoms with Gasteiger partial charge in [0.1, 0.15) is 5.69 Å². The molecule has 0 aliphatic carbocycles. The van der Waals surface area contributed by atoms with Gasteiger partial charge in [-0.1, -0.05) is 0 Å². The van der Waals surface area contributed by atoms with Crippen LogP contribution in [0.2, 0.25) is 0 Å². The molecule has 0 bridgehead atoms. The van der Waals surface area contributed by atoms with E-state index in [1.807, 2.05) is 6.07 Å². The zero-order valence-electron chi connectivity index (χ0n) is 8.20. The second-order valence-corrected chi connectivity index (χ2v) is 3.92. The first-order valence-electron chi connectivity index (χ1n) is 4.43. The maximum absolute atomic E-state index is 11.6. The average molecular weight is 268 g/mol. The summed E-state index contributed by atoms with van der Waals surface area (Å²) >= 11 is 3.24. The first-order valence-corrected chi connectivity index (χ1v) is 5.22. The lowest BCUT2D eigenvalue weighted by atomic mass is 10.2. The minimum absolute atomic E-state index is 0.170. The summed E-state index contributed by atoms with van der Waals surface area (Å²) < 4.78 is 0.645. The van der Waals surface area contributed by atoms with Crippen LogP contribution in [0, 0.1) is 11.3 Å². The molecule has 0 spiro atoms. The predicted octanol–water partition coefficient (Wildman–Crippen LogP) is 1.88. The van der Waals surface area contributed by atoms with E-state index in [0.717, 1.165) is 0 Å². The molecule has 1 N–H and O–H groups in total. The molecule has 0 aliphatic rings. The van der Waals surface area contributed by atoms with Gasteiger partial charge >= 0.3 is 0 Å². The number of carbonyl (C=O) groups excluding carboxylic acids is 1. The van der Waals surface area contributed by atoms with Gasteiger partial charge in [0.05, 0.1) is 12.5 Å². The minimum atomic E-state index is -0.273. The van der Waals surface area contributed by atoms with Crippen LogP contribution in [0.4, 0.5) is 0 Å². The zero-order valence-corrected chi connectivity index (χ0v) is 9.78. The van der Waals surface area contributed by atoms with Crippen molar-refractivity contribution < 1.29 is 4.79 Å². The number of nitriles is 1. The summed E-state index contributed by atoms with van der Waals surface area (Å²) in [5.41, 5.74) is 0.335. The van der Waals surface area contributed by atoms with Crippen LogP contribution in [0.3, 0.4) is 0 Å². The van der Waals surface area contributed by atoms with Crippen molar-refractivity contribution in [3.05, 3.63) is 28.5 Å². The number of pyridine rings is 1.